The summed E-state index contributed by atoms with van der Waals surface area (Å²) >= 11 is 1.37. The Kier molecular flexibility index (Phi) is 6.13. The molecule has 0 radical (unpaired) electrons. The average Bonchev–Trinajstić information content (AvgIpc) is 3.23. The minimum Gasteiger partial charge on any atom is -0.482 e. The van der Waals surface area contributed by atoms with Crippen LogP contribution in [0.15, 0.2) is 60.5 Å². The van der Waals surface area contributed by atoms with E-state index in [9.17, 15) is 9.59 Å². The van der Waals surface area contributed by atoms with Crippen LogP contribution in [-0.2, 0) is 16.0 Å². The summed E-state index contributed by atoms with van der Waals surface area (Å²) < 4.78 is 5.53. The number of hydrogen-bond donors (Lipinski definition) is 1. The fourth-order valence-electron chi connectivity index (χ4n) is 3.35. The van der Waals surface area contributed by atoms with Crippen LogP contribution in [-0.4, -0.2) is 29.9 Å². The van der Waals surface area contributed by atoms with E-state index < -0.39 is 0 Å². The van der Waals surface area contributed by atoms with Crippen molar-refractivity contribution in [1.82, 2.24) is 4.98 Å². The number of fused-ring (bicyclic) bond motifs is 1. The number of anilines is 2. The average molecular weight is 434 g/mol. The summed E-state index contributed by atoms with van der Waals surface area (Å²) in [7, 11) is 0. The van der Waals surface area contributed by atoms with Crippen molar-refractivity contribution in [3.8, 4) is 17.0 Å². The molecule has 0 unspecified atom stereocenters. The molecule has 0 saturated heterocycles. The standard InChI is InChI=1S/C24H23N3O3S/c1-3-12-27-20-13-18(9-10-21(20)30-14-23(27)29)19-15-31-24(25-19)26-22(28)11-8-17-6-4-16(2)5-7-17/h3-7,9-10,13,15H,1,8,11-12,14H2,2H3,(H,25,26,28). The first-order chi connectivity index (χ1) is 15.0. The molecule has 2 aromatic carbocycles. The van der Waals surface area contributed by atoms with E-state index >= 15 is 0 Å². The number of rotatable bonds is 7. The molecule has 1 N–H and O–H groups in total. The molecular formula is C24H23N3O3S. The third-order valence-corrected chi connectivity index (χ3v) is 5.78. The molecule has 1 aromatic heterocycles. The number of carbonyl (C=O) groups is 2. The van der Waals surface area contributed by atoms with Crippen molar-refractivity contribution in [1.29, 1.82) is 0 Å². The Hall–Kier alpha value is -3.45. The molecule has 1 aliphatic rings. The Balaban J connectivity index is 1.44. The number of ether oxygens (including phenoxy) is 1. The first kappa shape index (κ1) is 20.8. The number of nitrogens with zero attached hydrogens (tertiary/aromatic N) is 2. The lowest BCUT2D eigenvalue weighted by Gasteiger charge is -2.28. The number of hydrogen-bond acceptors (Lipinski definition) is 5. The third-order valence-electron chi connectivity index (χ3n) is 5.02. The van der Waals surface area contributed by atoms with E-state index in [1.54, 1.807) is 11.0 Å². The van der Waals surface area contributed by atoms with Crippen molar-refractivity contribution >= 4 is 34.0 Å². The second-order valence-corrected chi connectivity index (χ2v) is 8.19. The van der Waals surface area contributed by atoms with Gasteiger partial charge in [0.15, 0.2) is 11.7 Å². The second-order valence-electron chi connectivity index (χ2n) is 7.34. The van der Waals surface area contributed by atoms with Gasteiger partial charge in [0.1, 0.15) is 5.75 Å². The Labute approximate surface area is 185 Å². The van der Waals surface area contributed by atoms with Gasteiger partial charge in [-0.15, -0.1) is 17.9 Å². The normalized spacial score (nSPS) is 12.8. The van der Waals surface area contributed by atoms with Gasteiger partial charge < -0.3 is 15.0 Å². The van der Waals surface area contributed by atoms with Gasteiger partial charge >= 0.3 is 0 Å². The lowest BCUT2D eigenvalue weighted by molar-refractivity contribution is -0.121. The van der Waals surface area contributed by atoms with Gasteiger partial charge in [-0.05, 0) is 37.1 Å². The van der Waals surface area contributed by atoms with Crippen molar-refractivity contribution in [2.75, 3.05) is 23.4 Å². The van der Waals surface area contributed by atoms with Crippen LogP contribution in [0.25, 0.3) is 11.3 Å². The van der Waals surface area contributed by atoms with Gasteiger partial charge in [0.05, 0.1) is 11.4 Å². The van der Waals surface area contributed by atoms with Crippen LogP contribution in [0, 0.1) is 6.92 Å². The van der Waals surface area contributed by atoms with E-state index in [0.717, 1.165) is 16.8 Å². The zero-order chi connectivity index (χ0) is 21.8. The molecule has 31 heavy (non-hydrogen) atoms. The van der Waals surface area contributed by atoms with Gasteiger partial charge in [-0.2, -0.15) is 0 Å². The highest BCUT2D eigenvalue weighted by atomic mass is 32.1. The highest BCUT2D eigenvalue weighted by Crippen LogP contribution is 2.36. The Morgan fingerprint density at radius 2 is 2.10 bits per heavy atom. The fourth-order valence-corrected chi connectivity index (χ4v) is 4.08. The Morgan fingerprint density at radius 1 is 1.29 bits per heavy atom. The number of thiazole rings is 1. The summed E-state index contributed by atoms with van der Waals surface area (Å²) in [6.45, 7) is 6.21. The monoisotopic (exact) mass is 433 g/mol. The van der Waals surface area contributed by atoms with E-state index in [1.165, 1.54) is 16.9 Å². The Morgan fingerprint density at radius 3 is 2.87 bits per heavy atom. The summed E-state index contributed by atoms with van der Waals surface area (Å²) in [6.07, 6.45) is 2.77. The topological polar surface area (TPSA) is 71.5 Å². The highest BCUT2D eigenvalue weighted by molar-refractivity contribution is 7.14. The van der Waals surface area contributed by atoms with Crippen molar-refractivity contribution in [3.63, 3.8) is 0 Å². The predicted molar refractivity (Wildman–Crippen MR) is 124 cm³/mol. The molecule has 2 heterocycles. The molecule has 0 spiro atoms. The molecule has 0 fully saturated rings. The third kappa shape index (κ3) is 4.83. The fraction of sp³-hybridized carbons (Fsp3) is 0.208. The van der Waals surface area contributed by atoms with Gasteiger partial charge in [-0.1, -0.05) is 35.9 Å². The van der Waals surface area contributed by atoms with E-state index in [0.29, 0.717) is 36.0 Å². The number of nitrogens with one attached hydrogen (secondary N) is 1. The van der Waals surface area contributed by atoms with Crippen molar-refractivity contribution in [2.45, 2.75) is 19.8 Å². The van der Waals surface area contributed by atoms with Crippen LogP contribution >= 0.6 is 11.3 Å². The number of amides is 2. The molecule has 0 saturated carbocycles. The van der Waals surface area contributed by atoms with Gasteiger partial charge in [-0.3, -0.25) is 9.59 Å². The molecular weight excluding hydrogens is 410 g/mol. The molecule has 0 bridgehead atoms. The summed E-state index contributed by atoms with van der Waals surface area (Å²) in [5.74, 6) is 0.484. The predicted octanol–water partition coefficient (Wildman–Crippen LogP) is 4.60. The summed E-state index contributed by atoms with van der Waals surface area (Å²) in [4.78, 5) is 30.7. The Bertz CT molecular complexity index is 1120. The van der Waals surface area contributed by atoms with Gasteiger partial charge in [0, 0.05) is 23.9 Å². The van der Waals surface area contributed by atoms with E-state index in [2.05, 4.69) is 16.9 Å². The molecule has 158 valence electrons. The van der Waals surface area contributed by atoms with Crippen molar-refractivity contribution < 1.29 is 14.3 Å². The van der Waals surface area contributed by atoms with Crippen molar-refractivity contribution in [3.05, 3.63) is 71.6 Å². The van der Waals surface area contributed by atoms with Crippen LogP contribution in [0.5, 0.6) is 5.75 Å². The summed E-state index contributed by atoms with van der Waals surface area (Å²) in [5, 5.41) is 5.32. The number of aromatic nitrogens is 1. The smallest absolute Gasteiger partial charge is 0.265 e. The van der Waals surface area contributed by atoms with Gasteiger partial charge in [-0.25, -0.2) is 4.98 Å². The van der Waals surface area contributed by atoms with Crippen LogP contribution < -0.4 is 15.0 Å². The molecule has 7 heteroatoms. The second kappa shape index (κ2) is 9.14. The maximum atomic E-state index is 12.3. The van der Waals surface area contributed by atoms with E-state index in [4.69, 9.17) is 4.74 Å². The molecule has 2 amide bonds. The number of benzene rings is 2. The first-order valence-corrected chi connectivity index (χ1v) is 10.9. The van der Waals surface area contributed by atoms with Crippen LogP contribution in [0.1, 0.15) is 17.5 Å². The molecule has 3 aromatic rings. The molecule has 6 nitrogen and oxygen atoms in total. The SMILES string of the molecule is C=CCN1C(=O)COc2ccc(-c3csc(NC(=O)CCc4ccc(C)cc4)n3)cc21. The molecule has 4 rings (SSSR count). The minimum absolute atomic E-state index is 0.0235. The number of aryl methyl sites for hydroxylation is 2. The van der Waals surface area contributed by atoms with Crippen LogP contribution in [0.3, 0.4) is 0 Å². The molecule has 1 aliphatic heterocycles. The van der Waals surface area contributed by atoms with Crippen molar-refractivity contribution in [2.24, 2.45) is 0 Å². The molecule has 0 atom stereocenters. The summed E-state index contributed by atoms with van der Waals surface area (Å²) in [6, 6.07) is 13.8. The van der Waals surface area contributed by atoms with Crippen LogP contribution in [0.4, 0.5) is 10.8 Å². The zero-order valence-electron chi connectivity index (χ0n) is 17.3. The first-order valence-electron chi connectivity index (χ1n) is 10.0. The van der Waals surface area contributed by atoms with Crippen LogP contribution in [0.2, 0.25) is 0 Å². The summed E-state index contributed by atoms with van der Waals surface area (Å²) in [5.41, 5.74) is 4.62. The minimum atomic E-state index is -0.107. The zero-order valence-corrected chi connectivity index (χ0v) is 18.1. The lowest BCUT2D eigenvalue weighted by atomic mass is 10.1. The van der Waals surface area contributed by atoms with Gasteiger partial charge in [0.25, 0.3) is 5.91 Å². The van der Waals surface area contributed by atoms with Gasteiger partial charge in [0.2, 0.25) is 5.91 Å². The number of carbonyl (C=O) groups excluding carboxylic acids is 2. The lowest BCUT2D eigenvalue weighted by Crippen LogP contribution is -2.38. The van der Waals surface area contributed by atoms with E-state index in [1.807, 2.05) is 54.8 Å². The molecule has 0 aliphatic carbocycles. The highest BCUT2D eigenvalue weighted by Gasteiger charge is 2.25. The quantitative estimate of drug-likeness (QED) is 0.553. The maximum Gasteiger partial charge on any atom is 0.265 e. The largest absolute Gasteiger partial charge is 0.482 e. The maximum absolute atomic E-state index is 12.3. The van der Waals surface area contributed by atoms with E-state index in [-0.39, 0.29) is 18.4 Å².